The van der Waals surface area contributed by atoms with Gasteiger partial charge in [0.1, 0.15) is 11.5 Å². The van der Waals surface area contributed by atoms with Crippen molar-refractivity contribution in [1.82, 2.24) is 5.43 Å². The standard InChI is InChI=1S/C15H13N7O6/c16-15(19-17-7-9-5-11(21(25)26)1-3-13(9)23)20-18-8-10-6-12(22(27)28)2-4-14(10)24/h1-8,23-24H,(H3,16,19,20)/b17-7+,18-8+. The molecule has 0 unspecified atom stereocenters. The van der Waals surface area contributed by atoms with Crippen molar-refractivity contribution in [3.05, 3.63) is 67.8 Å². The summed E-state index contributed by atoms with van der Waals surface area (Å²) in [4.78, 5) is 20.2. The van der Waals surface area contributed by atoms with E-state index in [4.69, 9.17) is 5.73 Å². The van der Waals surface area contributed by atoms with Crippen molar-refractivity contribution in [1.29, 1.82) is 0 Å². The Kier molecular flexibility index (Phi) is 6.15. The number of hydrazone groups is 1. The lowest BCUT2D eigenvalue weighted by Crippen LogP contribution is -2.26. The summed E-state index contributed by atoms with van der Waals surface area (Å²) in [6.45, 7) is 0. The molecule has 0 aliphatic heterocycles. The molecule has 13 nitrogen and oxygen atoms in total. The van der Waals surface area contributed by atoms with Crippen LogP contribution in [-0.2, 0) is 0 Å². The van der Waals surface area contributed by atoms with Gasteiger partial charge < -0.3 is 15.9 Å². The molecule has 5 N–H and O–H groups in total. The van der Waals surface area contributed by atoms with Gasteiger partial charge in [0.25, 0.3) is 11.4 Å². The number of nitrogens with one attached hydrogen (secondary N) is 1. The topological polar surface area (TPSA) is 202 Å². The minimum absolute atomic E-state index is 0.0516. The molecule has 0 amide bonds. The molecular weight excluding hydrogens is 374 g/mol. The van der Waals surface area contributed by atoms with Gasteiger partial charge in [0.15, 0.2) is 0 Å². The molecule has 0 aromatic heterocycles. The van der Waals surface area contributed by atoms with Crippen LogP contribution in [0.15, 0.2) is 51.7 Å². The second kappa shape index (κ2) is 8.70. The van der Waals surface area contributed by atoms with Crippen molar-refractivity contribution in [2.45, 2.75) is 0 Å². The summed E-state index contributed by atoms with van der Waals surface area (Å²) in [5.74, 6) is -0.761. The number of aromatic hydroxyl groups is 2. The smallest absolute Gasteiger partial charge is 0.270 e. The number of guanidine groups is 1. The van der Waals surface area contributed by atoms with Gasteiger partial charge in [-0.05, 0) is 12.1 Å². The van der Waals surface area contributed by atoms with E-state index in [1.807, 2.05) is 0 Å². The van der Waals surface area contributed by atoms with Crippen LogP contribution < -0.4 is 11.2 Å². The zero-order valence-corrected chi connectivity index (χ0v) is 14.0. The van der Waals surface area contributed by atoms with Gasteiger partial charge >= 0.3 is 0 Å². The maximum Gasteiger partial charge on any atom is 0.270 e. The van der Waals surface area contributed by atoms with Gasteiger partial charge in [0, 0.05) is 35.4 Å². The molecule has 0 aliphatic carbocycles. The van der Waals surface area contributed by atoms with Crippen LogP contribution in [0.2, 0.25) is 0 Å². The van der Waals surface area contributed by atoms with Gasteiger partial charge in [0.2, 0.25) is 5.96 Å². The van der Waals surface area contributed by atoms with Gasteiger partial charge in [-0.2, -0.15) is 10.2 Å². The Morgan fingerprint density at radius 2 is 1.46 bits per heavy atom. The number of hydrogen-bond donors (Lipinski definition) is 4. The maximum absolute atomic E-state index is 10.7. The van der Waals surface area contributed by atoms with Gasteiger partial charge in [-0.15, -0.1) is 5.10 Å². The fourth-order valence-electron chi connectivity index (χ4n) is 1.86. The molecule has 0 radical (unpaired) electrons. The first kappa shape index (κ1) is 19.8. The van der Waals surface area contributed by atoms with Crippen molar-refractivity contribution in [3.8, 4) is 11.5 Å². The van der Waals surface area contributed by atoms with E-state index < -0.39 is 9.85 Å². The number of nitro benzene ring substituents is 2. The first-order valence-electron chi connectivity index (χ1n) is 7.38. The zero-order valence-electron chi connectivity index (χ0n) is 14.0. The van der Waals surface area contributed by atoms with E-state index in [-0.39, 0.29) is 40.0 Å². The summed E-state index contributed by atoms with van der Waals surface area (Å²) < 4.78 is 0. The molecule has 0 aliphatic rings. The Morgan fingerprint density at radius 1 is 0.964 bits per heavy atom. The molecule has 0 spiro atoms. The number of nitrogens with two attached hydrogens (primary N) is 1. The SMILES string of the molecule is N/C(=N\N=C\c1cc([N+](=O)[O-])ccc1O)N/N=C/c1cc([N+](=O)[O-])ccc1O. The van der Waals surface area contributed by atoms with Crippen molar-refractivity contribution in [2.75, 3.05) is 0 Å². The summed E-state index contributed by atoms with van der Waals surface area (Å²) in [6.07, 6.45) is 2.13. The number of phenolic OH excluding ortho intramolecular Hbond substituents is 2. The van der Waals surface area contributed by atoms with Crippen LogP contribution in [0.5, 0.6) is 11.5 Å². The second-order valence-electron chi connectivity index (χ2n) is 5.10. The van der Waals surface area contributed by atoms with Crippen LogP contribution in [-0.4, -0.2) is 38.4 Å². The molecule has 28 heavy (non-hydrogen) atoms. The number of nitro groups is 2. The molecule has 2 rings (SSSR count). The summed E-state index contributed by atoms with van der Waals surface area (Å²) in [5.41, 5.74) is 7.42. The Morgan fingerprint density at radius 3 is 1.96 bits per heavy atom. The number of rotatable bonds is 6. The Bertz CT molecular complexity index is 1000. The highest BCUT2D eigenvalue weighted by Crippen LogP contribution is 2.22. The Labute approximate surface area is 156 Å². The predicted octanol–water partition coefficient (Wildman–Crippen LogP) is 1.19. The van der Waals surface area contributed by atoms with E-state index in [1.165, 1.54) is 0 Å². The maximum atomic E-state index is 10.7. The third-order valence-corrected chi connectivity index (χ3v) is 3.19. The summed E-state index contributed by atoms with van der Waals surface area (Å²) in [5, 5.41) is 51.4. The lowest BCUT2D eigenvalue weighted by molar-refractivity contribution is -0.385. The van der Waals surface area contributed by atoms with Crippen LogP contribution in [0, 0.1) is 20.2 Å². The highest BCUT2D eigenvalue weighted by molar-refractivity contribution is 5.87. The zero-order chi connectivity index (χ0) is 20.7. The highest BCUT2D eigenvalue weighted by atomic mass is 16.6. The molecule has 0 bridgehead atoms. The number of hydrogen-bond acceptors (Lipinski definition) is 9. The monoisotopic (exact) mass is 387 g/mol. The van der Waals surface area contributed by atoms with Crippen molar-refractivity contribution < 1.29 is 20.1 Å². The average Bonchev–Trinajstić information content (AvgIpc) is 2.64. The summed E-state index contributed by atoms with van der Waals surface area (Å²) in [7, 11) is 0. The third-order valence-electron chi connectivity index (χ3n) is 3.19. The average molecular weight is 387 g/mol. The first-order valence-corrected chi connectivity index (χ1v) is 7.38. The van der Waals surface area contributed by atoms with E-state index in [9.17, 15) is 30.4 Å². The van der Waals surface area contributed by atoms with Crippen LogP contribution in [0.4, 0.5) is 11.4 Å². The van der Waals surface area contributed by atoms with Crippen molar-refractivity contribution in [2.24, 2.45) is 21.0 Å². The van der Waals surface area contributed by atoms with Crippen LogP contribution in [0.25, 0.3) is 0 Å². The fourth-order valence-corrected chi connectivity index (χ4v) is 1.86. The van der Waals surface area contributed by atoms with Gasteiger partial charge in [-0.3, -0.25) is 20.2 Å². The normalized spacial score (nSPS) is 11.8. The minimum Gasteiger partial charge on any atom is -0.507 e. The number of non-ortho nitro benzene ring substituents is 2. The lowest BCUT2D eigenvalue weighted by Gasteiger charge is -2.00. The second-order valence-corrected chi connectivity index (χ2v) is 5.10. The van der Waals surface area contributed by atoms with E-state index >= 15 is 0 Å². The Balaban J connectivity index is 2.06. The van der Waals surface area contributed by atoms with Gasteiger partial charge in [-0.25, -0.2) is 5.43 Å². The largest absolute Gasteiger partial charge is 0.507 e. The van der Waals surface area contributed by atoms with Crippen molar-refractivity contribution in [3.63, 3.8) is 0 Å². The van der Waals surface area contributed by atoms with Gasteiger partial charge in [0.05, 0.1) is 22.3 Å². The number of phenols is 2. The predicted molar refractivity (Wildman–Crippen MR) is 99.5 cm³/mol. The molecule has 0 heterocycles. The molecule has 144 valence electrons. The first-order chi connectivity index (χ1) is 13.3. The van der Waals surface area contributed by atoms with E-state index in [2.05, 4.69) is 20.7 Å². The van der Waals surface area contributed by atoms with Crippen molar-refractivity contribution >= 4 is 29.8 Å². The minimum atomic E-state index is -0.631. The molecule has 2 aromatic rings. The van der Waals surface area contributed by atoms with E-state index in [0.29, 0.717) is 0 Å². The van der Waals surface area contributed by atoms with E-state index in [1.54, 1.807) is 0 Å². The summed E-state index contributed by atoms with van der Waals surface area (Å²) >= 11 is 0. The molecule has 13 heteroatoms. The molecule has 0 saturated heterocycles. The third kappa shape index (κ3) is 5.22. The molecular formula is C15H13N7O6. The van der Waals surface area contributed by atoms with E-state index in [0.717, 1.165) is 48.8 Å². The highest BCUT2D eigenvalue weighted by Gasteiger charge is 2.09. The van der Waals surface area contributed by atoms with Gasteiger partial charge in [-0.1, -0.05) is 0 Å². The summed E-state index contributed by atoms with van der Waals surface area (Å²) in [6, 6.07) is 6.75. The molecule has 0 saturated carbocycles. The number of nitrogens with zero attached hydrogens (tertiary/aromatic N) is 5. The van der Waals surface area contributed by atoms with Crippen LogP contribution in [0.3, 0.4) is 0 Å². The quantitative estimate of drug-likeness (QED) is 0.245. The molecule has 2 aromatic carbocycles. The van der Waals surface area contributed by atoms with Crippen LogP contribution >= 0.6 is 0 Å². The lowest BCUT2D eigenvalue weighted by atomic mass is 10.2. The molecule has 0 atom stereocenters. The fraction of sp³-hybridized carbons (Fsp3) is 0. The van der Waals surface area contributed by atoms with Crippen LogP contribution in [0.1, 0.15) is 11.1 Å². The number of benzene rings is 2. The molecule has 0 fully saturated rings. The Hall–Kier alpha value is -4.55.